The van der Waals surface area contributed by atoms with Gasteiger partial charge in [0.2, 0.25) is 0 Å². The molecule has 1 aromatic heterocycles. The van der Waals surface area contributed by atoms with Crippen LogP contribution in [0.15, 0.2) is 28.1 Å². The van der Waals surface area contributed by atoms with Gasteiger partial charge in [0.05, 0.1) is 17.9 Å². The number of carbonyl (C=O) groups excluding carboxylic acids is 1. The third-order valence-corrected chi connectivity index (χ3v) is 3.54. The van der Waals surface area contributed by atoms with Crippen molar-refractivity contribution >= 4 is 33.4 Å². The van der Waals surface area contributed by atoms with Gasteiger partial charge in [-0.05, 0) is 52.6 Å². The molecule has 0 unspecified atom stereocenters. The Hall–Kier alpha value is -1.27. The van der Waals surface area contributed by atoms with E-state index in [1.807, 2.05) is 0 Å². The van der Waals surface area contributed by atoms with E-state index in [-0.39, 0.29) is 5.82 Å². The van der Waals surface area contributed by atoms with E-state index in [0.717, 1.165) is 11.5 Å². The SMILES string of the molecule is CCOC(=O)c1csnc1-c1ccc(F)cc1Br. The summed E-state index contributed by atoms with van der Waals surface area (Å²) in [5, 5.41) is 1.63. The minimum atomic E-state index is -0.419. The van der Waals surface area contributed by atoms with Crippen LogP contribution in [-0.2, 0) is 4.74 Å². The molecule has 0 spiro atoms. The second-order valence-corrected chi connectivity index (χ2v) is 4.90. The van der Waals surface area contributed by atoms with E-state index >= 15 is 0 Å². The Labute approximate surface area is 116 Å². The summed E-state index contributed by atoms with van der Waals surface area (Å²) in [5.74, 6) is -0.768. The van der Waals surface area contributed by atoms with Gasteiger partial charge in [-0.2, -0.15) is 4.37 Å². The van der Waals surface area contributed by atoms with E-state index in [0.29, 0.717) is 27.9 Å². The summed E-state index contributed by atoms with van der Waals surface area (Å²) in [5.41, 5.74) is 1.57. The molecular formula is C12H9BrFNO2S. The third kappa shape index (κ3) is 2.59. The molecule has 0 fully saturated rings. The number of hydrogen-bond donors (Lipinski definition) is 0. The Kier molecular flexibility index (Phi) is 4.08. The summed E-state index contributed by atoms with van der Waals surface area (Å²) >= 11 is 4.43. The molecule has 2 rings (SSSR count). The predicted octanol–water partition coefficient (Wildman–Crippen LogP) is 3.89. The molecule has 0 saturated heterocycles. The van der Waals surface area contributed by atoms with E-state index < -0.39 is 5.97 Å². The van der Waals surface area contributed by atoms with Crippen LogP contribution in [0.5, 0.6) is 0 Å². The Morgan fingerprint density at radius 2 is 2.33 bits per heavy atom. The van der Waals surface area contributed by atoms with Crippen molar-refractivity contribution in [2.45, 2.75) is 6.92 Å². The number of benzene rings is 1. The second kappa shape index (κ2) is 5.58. The minimum Gasteiger partial charge on any atom is -0.462 e. The van der Waals surface area contributed by atoms with Gasteiger partial charge in [0.1, 0.15) is 5.82 Å². The Morgan fingerprint density at radius 3 is 3.00 bits per heavy atom. The van der Waals surface area contributed by atoms with Gasteiger partial charge in [-0.25, -0.2) is 9.18 Å². The third-order valence-electron chi connectivity index (χ3n) is 2.25. The molecule has 0 aliphatic heterocycles. The number of nitrogens with zero attached hydrogens (tertiary/aromatic N) is 1. The Bertz CT molecular complexity index is 585. The summed E-state index contributed by atoms with van der Waals surface area (Å²) in [6, 6.07) is 4.25. The highest BCUT2D eigenvalue weighted by atomic mass is 79.9. The van der Waals surface area contributed by atoms with E-state index in [2.05, 4.69) is 20.3 Å². The highest BCUT2D eigenvalue weighted by molar-refractivity contribution is 9.10. The van der Waals surface area contributed by atoms with Gasteiger partial charge in [0.25, 0.3) is 0 Å². The monoisotopic (exact) mass is 329 g/mol. The van der Waals surface area contributed by atoms with Crippen LogP contribution in [0.4, 0.5) is 4.39 Å². The number of carbonyl (C=O) groups is 1. The average Bonchev–Trinajstić information content (AvgIpc) is 2.78. The lowest BCUT2D eigenvalue weighted by atomic mass is 10.1. The number of esters is 1. The minimum absolute atomic E-state index is 0.304. The maximum absolute atomic E-state index is 13.0. The molecule has 1 heterocycles. The van der Waals surface area contributed by atoms with Gasteiger partial charge in [-0.1, -0.05) is 0 Å². The summed E-state index contributed by atoms with van der Waals surface area (Å²) in [6.07, 6.45) is 0. The molecule has 0 atom stereocenters. The molecule has 3 nitrogen and oxygen atoms in total. The first-order valence-electron chi connectivity index (χ1n) is 5.20. The molecule has 0 saturated carbocycles. The van der Waals surface area contributed by atoms with Crippen LogP contribution in [0.2, 0.25) is 0 Å². The quantitative estimate of drug-likeness (QED) is 0.802. The van der Waals surface area contributed by atoms with Crippen LogP contribution in [0.1, 0.15) is 17.3 Å². The van der Waals surface area contributed by atoms with Crippen molar-refractivity contribution in [2.75, 3.05) is 6.61 Å². The molecule has 0 amide bonds. The first kappa shape index (κ1) is 13.2. The number of halogens is 2. The van der Waals surface area contributed by atoms with Crippen LogP contribution < -0.4 is 0 Å². The van der Waals surface area contributed by atoms with Gasteiger partial charge in [0, 0.05) is 15.4 Å². The van der Waals surface area contributed by atoms with Crippen LogP contribution in [0.3, 0.4) is 0 Å². The fourth-order valence-electron chi connectivity index (χ4n) is 1.47. The van der Waals surface area contributed by atoms with Gasteiger partial charge < -0.3 is 4.74 Å². The molecule has 1 aromatic carbocycles. The van der Waals surface area contributed by atoms with Crippen molar-refractivity contribution in [1.29, 1.82) is 0 Å². The molecule has 18 heavy (non-hydrogen) atoms. The van der Waals surface area contributed by atoms with Crippen molar-refractivity contribution in [3.63, 3.8) is 0 Å². The molecule has 94 valence electrons. The number of hydrogen-bond acceptors (Lipinski definition) is 4. The summed E-state index contributed by atoms with van der Waals surface area (Å²) in [6.45, 7) is 2.05. The average molecular weight is 330 g/mol. The van der Waals surface area contributed by atoms with Crippen molar-refractivity contribution in [3.8, 4) is 11.3 Å². The van der Waals surface area contributed by atoms with E-state index in [9.17, 15) is 9.18 Å². The van der Waals surface area contributed by atoms with Crippen molar-refractivity contribution in [3.05, 3.63) is 39.4 Å². The van der Waals surface area contributed by atoms with Crippen LogP contribution in [0.25, 0.3) is 11.3 Å². The van der Waals surface area contributed by atoms with E-state index in [1.54, 1.807) is 18.4 Å². The van der Waals surface area contributed by atoms with Crippen molar-refractivity contribution < 1.29 is 13.9 Å². The van der Waals surface area contributed by atoms with Crippen LogP contribution in [0, 0.1) is 5.82 Å². The van der Waals surface area contributed by atoms with Gasteiger partial charge in [-0.15, -0.1) is 0 Å². The molecule has 0 bridgehead atoms. The standard InChI is InChI=1S/C12H9BrFNO2S/c1-2-17-12(16)9-6-18-15-11(9)8-4-3-7(14)5-10(8)13/h3-6H,2H2,1H3. The van der Waals surface area contributed by atoms with Crippen molar-refractivity contribution in [1.82, 2.24) is 4.37 Å². The first-order chi connectivity index (χ1) is 8.63. The molecule has 0 N–H and O–H groups in total. The fourth-order valence-corrected chi connectivity index (χ4v) is 2.67. The largest absolute Gasteiger partial charge is 0.462 e. The Balaban J connectivity index is 2.45. The molecule has 0 aliphatic carbocycles. The van der Waals surface area contributed by atoms with Gasteiger partial charge in [0.15, 0.2) is 0 Å². The highest BCUT2D eigenvalue weighted by Gasteiger charge is 2.18. The lowest BCUT2D eigenvalue weighted by Gasteiger charge is -2.05. The topological polar surface area (TPSA) is 39.2 Å². The number of ether oxygens (including phenoxy) is 1. The summed E-state index contributed by atoms with van der Waals surface area (Å²) in [7, 11) is 0. The molecule has 0 radical (unpaired) electrons. The lowest BCUT2D eigenvalue weighted by molar-refractivity contribution is 0.0527. The smallest absolute Gasteiger partial charge is 0.341 e. The molecule has 0 aliphatic rings. The second-order valence-electron chi connectivity index (χ2n) is 3.42. The zero-order chi connectivity index (χ0) is 13.1. The molecule has 2 aromatic rings. The maximum Gasteiger partial charge on any atom is 0.341 e. The number of rotatable bonds is 3. The predicted molar refractivity (Wildman–Crippen MR) is 71.2 cm³/mol. The van der Waals surface area contributed by atoms with E-state index in [4.69, 9.17) is 4.74 Å². The Morgan fingerprint density at radius 1 is 1.56 bits per heavy atom. The fraction of sp³-hybridized carbons (Fsp3) is 0.167. The van der Waals surface area contributed by atoms with Crippen LogP contribution >= 0.6 is 27.5 Å². The molecule has 6 heteroatoms. The van der Waals surface area contributed by atoms with E-state index in [1.165, 1.54) is 12.1 Å². The summed E-state index contributed by atoms with van der Waals surface area (Å²) < 4.78 is 22.7. The normalized spacial score (nSPS) is 10.4. The maximum atomic E-state index is 13.0. The number of aromatic nitrogens is 1. The van der Waals surface area contributed by atoms with Gasteiger partial charge >= 0.3 is 5.97 Å². The van der Waals surface area contributed by atoms with Crippen molar-refractivity contribution in [2.24, 2.45) is 0 Å². The highest BCUT2D eigenvalue weighted by Crippen LogP contribution is 2.31. The van der Waals surface area contributed by atoms with Crippen LogP contribution in [-0.4, -0.2) is 16.9 Å². The lowest BCUT2D eigenvalue weighted by Crippen LogP contribution is -2.05. The first-order valence-corrected chi connectivity index (χ1v) is 6.83. The zero-order valence-electron chi connectivity index (χ0n) is 9.44. The molecular weight excluding hydrogens is 321 g/mol. The summed E-state index contributed by atoms with van der Waals surface area (Å²) in [4.78, 5) is 11.7. The van der Waals surface area contributed by atoms with Gasteiger partial charge in [-0.3, -0.25) is 0 Å². The zero-order valence-corrected chi connectivity index (χ0v) is 11.8.